The van der Waals surface area contributed by atoms with Gasteiger partial charge in [0, 0.05) is 12.4 Å². The second-order valence-corrected chi connectivity index (χ2v) is 3.25. The van der Waals surface area contributed by atoms with Crippen molar-refractivity contribution in [3.63, 3.8) is 0 Å². The Labute approximate surface area is 72.3 Å². The van der Waals surface area contributed by atoms with E-state index in [2.05, 4.69) is 5.10 Å². The zero-order valence-electron chi connectivity index (χ0n) is 7.15. The number of hydrogen-bond donors (Lipinski definition) is 0. The Bertz CT molecular complexity index is 214. The van der Waals surface area contributed by atoms with Crippen LogP contribution in [0.2, 0.25) is 0 Å². The van der Waals surface area contributed by atoms with Gasteiger partial charge in [0.25, 0.3) is 0 Å². The number of aromatic nitrogens is 2. The van der Waals surface area contributed by atoms with E-state index in [4.69, 9.17) is 4.74 Å². The predicted molar refractivity (Wildman–Crippen MR) is 45.6 cm³/mol. The molecule has 1 aliphatic rings. The summed E-state index contributed by atoms with van der Waals surface area (Å²) in [5, 5.41) is 4.07. The molecule has 1 aromatic heterocycles. The lowest BCUT2D eigenvalue weighted by Crippen LogP contribution is -2.11. The van der Waals surface area contributed by atoms with Gasteiger partial charge in [0.2, 0.25) is 0 Å². The smallest absolute Gasteiger partial charge is 0.139 e. The van der Waals surface area contributed by atoms with Gasteiger partial charge in [-0.1, -0.05) is 12.8 Å². The maximum absolute atomic E-state index is 5.65. The molecule has 0 atom stereocenters. The van der Waals surface area contributed by atoms with Crippen LogP contribution >= 0.6 is 0 Å². The summed E-state index contributed by atoms with van der Waals surface area (Å²) in [4.78, 5) is 0. The van der Waals surface area contributed by atoms with Crippen molar-refractivity contribution in [2.75, 3.05) is 0 Å². The minimum absolute atomic E-state index is 0.481. The molecule has 1 saturated carbocycles. The van der Waals surface area contributed by atoms with Crippen LogP contribution in [0.25, 0.3) is 0 Å². The van der Waals surface area contributed by atoms with Gasteiger partial charge in [0.05, 0.1) is 6.10 Å². The first kappa shape index (κ1) is 7.80. The summed E-state index contributed by atoms with van der Waals surface area (Å²) in [6.07, 6.45) is 9.28. The van der Waals surface area contributed by atoms with Crippen LogP contribution in [-0.4, -0.2) is 15.9 Å². The van der Waals surface area contributed by atoms with E-state index in [1.165, 1.54) is 25.7 Å². The quantitative estimate of drug-likeness (QED) is 0.684. The molecule has 3 heteroatoms. The molecular weight excluding hydrogens is 152 g/mol. The molecule has 3 nitrogen and oxygen atoms in total. The third-order valence-corrected chi connectivity index (χ3v) is 2.30. The van der Waals surface area contributed by atoms with Crippen LogP contribution in [0.1, 0.15) is 25.7 Å². The zero-order valence-corrected chi connectivity index (χ0v) is 7.15. The van der Waals surface area contributed by atoms with E-state index in [1.807, 2.05) is 16.9 Å². The highest BCUT2D eigenvalue weighted by Gasteiger charge is 2.14. The molecule has 0 amide bonds. The van der Waals surface area contributed by atoms with Crippen molar-refractivity contribution in [3.05, 3.63) is 18.5 Å². The fourth-order valence-corrected chi connectivity index (χ4v) is 1.61. The van der Waals surface area contributed by atoms with Gasteiger partial charge in [0.1, 0.15) is 6.73 Å². The third kappa shape index (κ3) is 1.85. The summed E-state index contributed by atoms with van der Waals surface area (Å²) < 4.78 is 7.47. The summed E-state index contributed by atoms with van der Waals surface area (Å²) in [7, 11) is 0. The van der Waals surface area contributed by atoms with Crippen LogP contribution < -0.4 is 0 Å². The second kappa shape index (κ2) is 3.72. The Kier molecular flexibility index (Phi) is 2.42. The van der Waals surface area contributed by atoms with Gasteiger partial charge in [-0.05, 0) is 18.9 Å². The van der Waals surface area contributed by atoms with Crippen molar-refractivity contribution < 1.29 is 4.74 Å². The van der Waals surface area contributed by atoms with Crippen molar-refractivity contribution >= 4 is 0 Å². The van der Waals surface area contributed by atoms with Crippen LogP contribution in [0.4, 0.5) is 0 Å². The van der Waals surface area contributed by atoms with E-state index in [0.29, 0.717) is 12.8 Å². The Balaban J connectivity index is 1.74. The van der Waals surface area contributed by atoms with E-state index in [9.17, 15) is 0 Å². The van der Waals surface area contributed by atoms with E-state index in [1.54, 1.807) is 6.20 Å². The molecule has 0 bridgehead atoms. The zero-order chi connectivity index (χ0) is 8.23. The fraction of sp³-hybridized carbons (Fsp3) is 0.667. The average molecular weight is 166 g/mol. The van der Waals surface area contributed by atoms with E-state index >= 15 is 0 Å². The first-order valence-electron chi connectivity index (χ1n) is 4.54. The highest BCUT2D eigenvalue weighted by molar-refractivity contribution is 4.76. The second-order valence-electron chi connectivity index (χ2n) is 3.25. The molecule has 0 unspecified atom stereocenters. The summed E-state index contributed by atoms with van der Waals surface area (Å²) >= 11 is 0. The van der Waals surface area contributed by atoms with Crippen LogP contribution in [0.15, 0.2) is 18.5 Å². The van der Waals surface area contributed by atoms with E-state index < -0.39 is 0 Å². The maximum Gasteiger partial charge on any atom is 0.139 e. The van der Waals surface area contributed by atoms with Crippen molar-refractivity contribution in [1.82, 2.24) is 9.78 Å². The Morgan fingerprint density at radius 2 is 2.25 bits per heavy atom. The third-order valence-electron chi connectivity index (χ3n) is 2.30. The first-order chi connectivity index (χ1) is 5.95. The number of ether oxygens (including phenoxy) is 1. The van der Waals surface area contributed by atoms with Crippen molar-refractivity contribution in [2.24, 2.45) is 0 Å². The molecule has 0 aliphatic heterocycles. The van der Waals surface area contributed by atoms with Gasteiger partial charge in [-0.15, -0.1) is 0 Å². The van der Waals surface area contributed by atoms with Gasteiger partial charge in [-0.25, -0.2) is 4.68 Å². The van der Waals surface area contributed by atoms with Crippen molar-refractivity contribution in [2.45, 2.75) is 38.5 Å². The van der Waals surface area contributed by atoms with Gasteiger partial charge in [0.15, 0.2) is 0 Å². The predicted octanol–water partition coefficient (Wildman–Crippen LogP) is 1.80. The average Bonchev–Trinajstić information content (AvgIpc) is 2.74. The van der Waals surface area contributed by atoms with Crippen LogP contribution in [0.5, 0.6) is 0 Å². The maximum atomic E-state index is 5.65. The van der Waals surface area contributed by atoms with Gasteiger partial charge in [-0.2, -0.15) is 5.10 Å². The minimum atomic E-state index is 0.481. The van der Waals surface area contributed by atoms with E-state index in [0.717, 1.165) is 0 Å². The number of hydrogen-bond acceptors (Lipinski definition) is 2. The lowest BCUT2D eigenvalue weighted by atomic mass is 10.3. The molecule has 2 rings (SSSR count). The fourth-order valence-electron chi connectivity index (χ4n) is 1.61. The largest absolute Gasteiger partial charge is 0.356 e. The van der Waals surface area contributed by atoms with Crippen molar-refractivity contribution in [3.8, 4) is 0 Å². The molecular formula is C9H14N2O. The van der Waals surface area contributed by atoms with E-state index in [-0.39, 0.29) is 0 Å². The lowest BCUT2D eigenvalue weighted by Gasteiger charge is -2.10. The number of nitrogens with zero attached hydrogens (tertiary/aromatic N) is 2. The summed E-state index contributed by atoms with van der Waals surface area (Å²) in [6.45, 7) is 0.609. The van der Waals surface area contributed by atoms with Crippen LogP contribution in [-0.2, 0) is 11.5 Å². The molecule has 0 radical (unpaired) electrons. The minimum Gasteiger partial charge on any atom is -0.356 e. The summed E-state index contributed by atoms with van der Waals surface area (Å²) in [5.74, 6) is 0. The SMILES string of the molecule is c1cnn(COC2CCCC2)c1. The standard InChI is InChI=1S/C9H14N2O/c1-2-5-9(4-1)12-8-11-7-3-6-10-11/h3,6-7,9H,1-2,4-5,8H2. The molecule has 1 heterocycles. The summed E-state index contributed by atoms with van der Waals surface area (Å²) in [5.41, 5.74) is 0. The van der Waals surface area contributed by atoms with Crippen LogP contribution in [0.3, 0.4) is 0 Å². The first-order valence-corrected chi connectivity index (χ1v) is 4.54. The molecule has 0 spiro atoms. The highest BCUT2D eigenvalue weighted by atomic mass is 16.5. The van der Waals surface area contributed by atoms with Crippen molar-refractivity contribution in [1.29, 1.82) is 0 Å². The molecule has 1 aromatic rings. The Morgan fingerprint density at radius 3 is 2.92 bits per heavy atom. The molecule has 1 fully saturated rings. The van der Waals surface area contributed by atoms with Gasteiger partial charge in [-0.3, -0.25) is 0 Å². The molecule has 0 aromatic carbocycles. The molecule has 1 aliphatic carbocycles. The summed E-state index contributed by atoms with van der Waals surface area (Å²) in [6, 6.07) is 1.91. The molecule has 66 valence electrons. The van der Waals surface area contributed by atoms with Gasteiger partial charge < -0.3 is 4.74 Å². The molecule has 0 N–H and O–H groups in total. The highest BCUT2D eigenvalue weighted by Crippen LogP contribution is 2.20. The lowest BCUT2D eigenvalue weighted by molar-refractivity contribution is 0.00548. The Morgan fingerprint density at radius 1 is 1.42 bits per heavy atom. The normalized spacial score (nSPS) is 18.7. The molecule has 12 heavy (non-hydrogen) atoms. The topological polar surface area (TPSA) is 27.1 Å². The monoisotopic (exact) mass is 166 g/mol. The molecule has 0 saturated heterocycles. The van der Waals surface area contributed by atoms with Crippen LogP contribution in [0, 0.1) is 0 Å². The van der Waals surface area contributed by atoms with Gasteiger partial charge >= 0.3 is 0 Å². The number of rotatable bonds is 3. The Hall–Kier alpha value is -0.830.